The highest BCUT2D eigenvalue weighted by molar-refractivity contribution is 5.31. The number of hydrogen-bond acceptors (Lipinski definition) is 4. The van der Waals surface area contributed by atoms with Crippen LogP contribution in [-0.4, -0.2) is 30.5 Å². The average Bonchev–Trinajstić information content (AvgIpc) is 2.55. The van der Waals surface area contributed by atoms with Gasteiger partial charge in [0.15, 0.2) is 0 Å². The number of nitrogens with one attached hydrogen (secondary N) is 2. The third-order valence-corrected chi connectivity index (χ3v) is 2.26. The number of aromatic amines is 1. The van der Waals surface area contributed by atoms with Crippen molar-refractivity contribution in [1.29, 1.82) is 5.26 Å². The Labute approximate surface area is 89.4 Å². The fourth-order valence-corrected chi connectivity index (χ4v) is 1.50. The number of nitriles is 1. The van der Waals surface area contributed by atoms with Gasteiger partial charge in [-0.1, -0.05) is 0 Å². The molecule has 15 heavy (non-hydrogen) atoms. The van der Waals surface area contributed by atoms with E-state index in [1.165, 1.54) is 0 Å². The van der Waals surface area contributed by atoms with Crippen LogP contribution in [0, 0.1) is 25.2 Å². The maximum atomic E-state index is 9.05. The molecule has 5 nitrogen and oxygen atoms in total. The lowest BCUT2D eigenvalue weighted by Crippen LogP contribution is -2.24. The summed E-state index contributed by atoms with van der Waals surface area (Å²) in [6.45, 7) is 5.05. The van der Waals surface area contributed by atoms with Gasteiger partial charge in [-0.25, -0.2) is 0 Å². The fraction of sp³-hybridized carbons (Fsp3) is 0.600. The summed E-state index contributed by atoms with van der Waals surface area (Å²) < 4.78 is 4.92. The molecule has 2 N–H and O–H groups in total. The highest BCUT2D eigenvalue weighted by Gasteiger charge is 2.17. The molecule has 0 saturated heterocycles. The van der Waals surface area contributed by atoms with Crippen molar-refractivity contribution in [2.24, 2.45) is 0 Å². The van der Waals surface area contributed by atoms with E-state index in [1.54, 1.807) is 7.11 Å². The van der Waals surface area contributed by atoms with E-state index in [1.807, 2.05) is 13.8 Å². The van der Waals surface area contributed by atoms with Gasteiger partial charge in [0, 0.05) is 24.9 Å². The number of aromatic nitrogens is 2. The van der Waals surface area contributed by atoms with Crippen molar-refractivity contribution < 1.29 is 4.74 Å². The first-order chi connectivity index (χ1) is 7.20. The van der Waals surface area contributed by atoms with Crippen LogP contribution in [0.3, 0.4) is 0 Å². The number of rotatable bonds is 5. The number of methoxy groups -OCH3 is 1. The second-order valence-corrected chi connectivity index (χ2v) is 3.36. The molecule has 5 heteroatoms. The molecule has 1 aromatic heterocycles. The van der Waals surface area contributed by atoms with Crippen molar-refractivity contribution in [2.45, 2.75) is 19.9 Å². The van der Waals surface area contributed by atoms with Crippen LogP contribution in [0.1, 0.15) is 23.0 Å². The molecule has 1 aromatic rings. The summed E-state index contributed by atoms with van der Waals surface area (Å²) in [5.74, 6) is 0. The van der Waals surface area contributed by atoms with Crippen molar-refractivity contribution in [3.63, 3.8) is 0 Å². The molecule has 0 fully saturated rings. The standard InChI is InChI=1S/C10H16N4O/c1-7-10(8(2)14-13-7)9(6-11)12-4-5-15-3/h9,12H,4-5H2,1-3H3,(H,13,14). The Morgan fingerprint density at radius 3 is 2.80 bits per heavy atom. The van der Waals surface area contributed by atoms with Gasteiger partial charge >= 0.3 is 0 Å². The quantitative estimate of drug-likeness (QED) is 0.703. The van der Waals surface area contributed by atoms with Crippen LogP contribution in [0.5, 0.6) is 0 Å². The largest absolute Gasteiger partial charge is 0.383 e. The van der Waals surface area contributed by atoms with Gasteiger partial charge in [-0.05, 0) is 13.8 Å². The smallest absolute Gasteiger partial charge is 0.125 e. The number of H-pyrrole nitrogens is 1. The molecule has 82 valence electrons. The second-order valence-electron chi connectivity index (χ2n) is 3.36. The van der Waals surface area contributed by atoms with Gasteiger partial charge in [0.1, 0.15) is 6.04 Å². The molecular formula is C10H16N4O. The van der Waals surface area contributed by atoms with Crippen LogP contribution >= 0.6 is 0 Å². The van der Waals surface area contributed by atoms with E-state index < -0.39 is 0 Å². The zero-order chi connectivity index (χ0) is 11.3. The normalized spacial score (nSPS) is 12.4. The molecule has 0 spiro atoms. The van der Waals surface area contributed by atoms with E-state index in [9.17, 15) is 0 Å². The van der Waals surface area contributed by atoms with Crippen molar-refractivity contribution in [1.82, 2.24) is 15.5 Å². The van der Waals surface area contributed by atoms with Crippen LogP contribution in [0.2, 0.25) is 0 Å². The summed E-state index contributed by atoms with van der Waals surface area (Å²) in [5, 5.41) is 19.1. The minimum Gasteiger partial charge on any atom is -0.383 e. The van der Waals surface area contributed by atoms with Gasteiger partial charge in [0.05, 0.1) is 18.4 Å². The molecule has 1 heterocycles. The number of aryl methyl sites for hydroxylation is 2. The molecule has 0 aromatic carbocycles. The Morgan fingerprint density at radius 1 is 1.60 bits per heavy atom. The van der Waals surface area contributed by atoms with Crippen LogP contribution in [0.25, 0.3) is 0 Å². The molecule has 0 aliphatic rings. The highest BCUT2D eigenvalue weighted by Crippen LogP contribution is 2.18. The minimum atomic E-state index is -0.320. The molecule has 0 aliphatic carbocycles. The Morgan fingerprint density at radius 2 is 2.33 bits per heavy atom. The summed E-state index contributed by atoms with van der Waals surface area (Å²) in [7, 11) is 1.64. The highest BCUT2D eigenvalue weighted by atomic mass is 16.5. The predicted molar refractivity (Wildman–Crippen MR) is 56.3 cm³/mol. The fourth-order valence-electron chi connectivity index (χ4n) is 1.50. The number of hydrogen-bond donors (Lipinski definition) is 2. The van der Waals surface area contributed by atoms with E-state index in [-0.39, 0.29) is 6.04 Å². The molecule has 1 unspecified atom stereocenters. The van der Waals surface area contributed by atoms with E-state index in [2.05, 4.69) is 21.6 Å². The Hall–Kier alpha value is -1.38. The Kier molecular flexibility index (Phi) is 4.28. The van der Waals surface area contributed by atoms with Crippen LogP contribution < -0.4 is 5.32 Å². The monoisotopic (exact) mass is 208 g/mol. The van der Waals surface area contributed by atoms with E-state index in [4.69, 9.17) is 10.00 Å². The summed E-state index contributed by atoms with van der Waals surface area (Å²) in [6, 6.07) is 1.90. The van der Waals surface area contributed by atoms with Crippen LogP contribution in [0.4, 0.5) is 0 Å². The molecule has 0 radical (unpaired) electrons. The van der Waals surface area contributed by atoms with E-state index in [0.717, 1.165) is 17.0 Å². The maximum Gasteiger partial charge on any atom is 0.125 e. The lowest BCUT2D eigenvalue weighted by molar-refractivity contribution is 0.198. The first-order valence-electron chi connectivity index (χ1n) is 4.84. The minimum absolute atomic E-state index is 0.320. The summed E-state index contributed by atoms with van der Waals surface area (Å²) in [4.78, 5) is 0. The van der Waals surface area contributed by atoms with Crippen molar-refractivity contribution >= 4 is 0 Å². The van der Waals surface area contributed by atoms with Gasteiger partial charge in [0.2, 0.25) is 0 Å². The predicted octanol–water partition coefficient (Wildman–Crippen LogP) is 0.827. The van der Waals surface area contributed by atoms with Crippen LogP contribution in [-0.2, 0) is 4.74 Å². The van der Waals surface area contributed by atoms with Crippen LogP contribution in [0.15, 0.2) is 0 Å². The topological polar surface area (TPSA) is 73.7 Å². The SMILES string of the molecule is COCCNC(C#N)c1c(C)n[nH]c1C. The Balaban J connectivity index is 2.71. The molecule has 1 rings (SSSR count). The number of nitrogens with zero attached hydrogens (tertiary/aromatic N) is 2. The third kappa shape index (κ3) is 2.78. The van der Waals surface area contributed by atoms with E-state index >= 15 is 0 Å². The van der Waals surface area contributed by atoms with E-state index in [0.29, 0.717) is 13.2 Å². The molecule has 1 atom stereocenters. The average molecular weight is 208 g/mol. The molecule has 0 aliphatic heterocycles. The zero-order valence-corrected chi connectivity index (χ0v) is 9.29. The first kappa shape index (κ1) is 11.7. The molecular weight excluding hydrogens is 192 g/mol. The van der Waals surface area contributed by atoms with Gasteiger partial charge in [0.25, 0.3) is 0 Å². The lowest BCUT2D eigenvalue weighted by Gasteiger charge is -2.11. The summed E-state index contributed by atoms with van der Waals surface area (Å²) in [5.41, 5.74) is 2.74. The third-order valence-electron chi connectivity index (χ3n) is 2.26. The molecule has 0 bridgehead atoms. The summed E-state index contributed by atoms with van der Waals surface area (Å²) in [6.07, 6.45) is 0. The van der Waals surface area contributed by atoms with Gasteiger partial charge < -0.3 is 4.74 Å². The maximum absolute atomic E-state index is 9.05. The lowest BCUT2D eigenvalue weighted by atomic mass is 10.1. The van der Waals surface area contributed by atoms with Crippen molar-refractivity contribution in [3.05, 3.63) is 17.0 Å². The van der Waals surface area contributed by atoms with Gasteiger partial charge in [-0.3, -0.25) is 10.4 Å². The second kappa shape index (κ2) is 5.49. The molecule has 0 amide bonds. The zero-order valence-electron chi connectivity index (χ0n) is 9.29. The van der Waals surface area contributed by atoms with Gasteiger partial charge in [-0.2, -0.15) is 10.4 Å². The van der Waals surface area contributed by atoms with Gasteiger partial charge in [-0.15, -0.1) is 0 Å². The number of ether oxygens (including phenoxy) is 1. The van der Waals surface area contributed by atoms with Crippen molar-refractivity contribution in [3.8, 4) is 6.07 Å². The van der Waals surface area contributed by atoms with Crippen molar-refractivity contribution in [2.75, 3.05) is 20.3 Å². The first-order valence-corrected chi connectivity index (χ1v) is 4.84. The summed E-state index contributed by atoms with van der Waals surface area (Å²) >= 11 is 0. The molecule has 0 saturated carbocycles. The Bertz CT molecular complexity index is 333.